The number of quaternary nitrogens is 1. The fourth-order valence-electron chi connectivity index (χ4n) is 7.00. The van der Waals surface area contributed by atoms with Crippen molar-refractivity contribution in [3.63, 3.8) is 0 Å². The van der Waals surface area contributed by atoms with Gasteiger partial charge in [0.1, 0.15) is 12.6 Å². The fraction of sp³-hybridized carbons (Fsp3) is 0.600. The number of nitrogens with one attached hydrogen (secondary N) is 1. The second kappa shape index (κ2) is 10.2. The van der Waals surface area contributed by atoms with E-state index in [1.54, 1.807) is 0 Å². The molecule has 2 N–H and O–H groups in total. The molecule has 2 aromatic rings. The summed E-state index contributed by atoms with van der Waals surface area (Å²) < 4.78 is 6.15. The fourth-order valence-corrected chi connectivity index (χ4v) is 7.00. The highest BCUT2D eigenvalue weighted by Gasteiger charge is 2.36. The highest BCUT2D eigenvalue weighted by atomic mass is 16.5. The summed E-state index contributed by atoms with van der Waals surface area (Å²) in [5.41, 5.74) is 1.57. The third-order valence-corrected chi connectivity index (χ3v) is 8.50. The molecule has 194 valence electrons. The van der Waals surface area contributed by atoms with Crippen molar-refractivity contribution in [1.82, 2.24) is 4.90 Å². The summed E-state index contributed by atoms with van der Waals surface area (Å²) in [5.74, 6) is 0.616. The Kier molecular flexibility index (Phi) is 7.21. The van der Waals surface area contributed by atoms with Crippen LogP contribution in [0.4, 0.5) is 0 Å². The van der Waals surface area contributed by atoms with Gasteiger partial charge in [0.25, 0.3) is 11.8 Å². The molecule has 0 spiro atoms. The molecule has 2 heterocycles. The van der Waals surface area contributed by atoms with Crippen molar-refractivity contribution in [3.8, 4) is 0 Å². The van der Waals surface area contributed by atoms with Crippen LogP contribution in [0.3, 0.4) is 0 Å². The van der Waals surface area contributed by atoms with E-state index in [1.807, 2.05) is 36.4 Å². The Morgan fingerprint density at radius 2 is 1.69 bits per heavy atom. The van der Waals surface area contributed by atoms with Gasteiger partial charge < -0.3 is 14.7 Å². The van der Waals surface area contributed by atoms with E-state index in [2.05, 4.69) is 20.8 Å². The minimum Gasteiger partial charge on any atom is -0.385 e. The molecule has 2 amide bonds. The SMILES string of the molecule is C[C@H]1C[C@H](OC[C@H](O)C[NH+]2CCC(CN3C(=O)c4cccc5cccc(c45)C3=O)CC2)CC(C)(C)C1. The van der Waals surface area contributed by atoms with Gasteiger partial charge in [0.2, 0.25) is 0 Å². The predicted octanol–water partition coefficient (Wildman–Crippen LogP) is 3.32. The van der Waals surface area contributed by atoms with Crippen molar-refractivity contribution in [2.24, 2.45) is 17.3 Å². The van der Waals surface area contributed by atoms with Crippen LogP contribution >= 0.6 is 0 Å². The summed E-state index contributed by atoms with van der Waals surface area (Å²) in [4.78, 5) is 29.3. The molecule has 0 unspecified atom stereocenters. The minimum atomic E-state index is -0.459. The van der Waals surface area contributed by atoms with Crippen molar-refractivity contribution in [1.29, 1.82) is 0 Å². The first kappa shape index (κ1) is 25.4. The number of hydrogen-bond donors (Lipinski definition) is 2. The maximum atomic E-state index is 13.2. The molecule has 0 aromatic heterocycles. The molecule has 2 aromatic carbocycles. The van der Waals surface area contributed by atoms with Crippen LogP contribution < -0.4 is 4.90 Å². The van der Waals surface area contributed by atoms with Crippen LogP contribution in [0.15, 0.2) is 36.4 Å². The van der Waals surface area contributed by atoms with Crippen molar-refractivity contribution >= 4 is 22.6 Å². The lowest BCUT2D eigenvalue weighted by molar-refractivity contribution is -0.909. The monoisotopic (exact) mass is 493 g/mol. The summed E-state index contributed by atoms with van der Waals surface area (Å²) >= 11 is 0. The zero-order valence-corrected chi connectivity index (χ0v) is 22.0. The Balaban J connectivity index is 1.11. The van der Waals surface area contributed by atoms with Crippen LogP contribution in [0, 0.1) is 17.3 Å². The number of aliphatic hydroxyl groups is 1. The number of nitrogens with zero attached hydrogens (tertiary/aromatic N) is 1. The second-order valence-electron chi connectivity index (χ2n) is 12.4. The molecular formula is C30H41N2O4+. The average Bonchev–Trinajstić information content (AvgIpc) is 2.83. The molecule has 36 heavy (non-hydrogen) atoms. The third kappa shape index (κ3) is 5.36. The molecule has 0 bridgehead atoms. The van der Waals surface area contributed by atoms with Crippen molar-refractivity contribution in [2.75, 3.05) is 32.8 Å². The van der Waals surface area contributed by atoms with Gasteiger partial charge in [-0.1, -0.05) is 45.0 Å². The molecular weight excluding hydrogens is 452 g/mol. The number of likely N-dealkylation sites (tertiary alicyclic amines) is 1. The molecule has 0 radical (unpaired) electrons. The van der Waals surface area contributed by atoms with E-state index in [4.69, 9.17) is 4.74 Å². The lowest BCUT2D eigenvalue weighted by Gasteiger charge is -2.39. The number of carbonyl (C=O) groups is 2. The summed E-state index contributed by atoms with van der Waals surface area (Å²) in [7, 11) is 0. The van der Waals surface area contributed by atoms with Gasteiger partial charge in [-0.2, -0.15) is 0 Å². The molecule has 5 rings (SSSR count). The highest BCUT2D eigenvalue weighted by Crippen LogP contribution is 2.39. The Morgan fingerprint density at radius 1 is 1.06 bits per heavy atom. The quantitative estimate of drug-likeness (QED) is 0.581. The Labute approximate surface area is 214 Å². The van der Waals surface area contributed by atoms with Gasteiger partial charge in [-0.25, -0.2) is 0 Å². The number of hydrogen-bond acceptors (Lipinski definition) is 4. The van der Waals surface area contributed by atoms with Gasteiger partial charge in [-0.3, -0.25) is 14.5 Å². The van der Waals surface area contributed by atoms with E-state index < -0.39 is 6.10 Å². The van der Waals surface area contributed by atoms with Crippen LogP contribution in [0.2, 0.25) is 0 Å². The first-order valence-corrected chi connectivity index (χ1v) is 13.7. The smallest absolute Gasteiger partial charge is 0.261 e. The number of benzene rings is 2. The van der Waals surface area contributed by atoms with E-state index >= 15 is 0 Å². The van der Waals surface area contributed by atoms with E-state index in [0.29, 0.717) is 48.1 Å². The van der Waals surface area contributed by atoms with Crippen LogP contribution in [0.1, 0.15) is 73.6 Å². The first-order chi connectivity index (χ1) is 17.2. The second-order valence-corrected chi connectivity index (χ2v) is 12.4. The molecule has 1 saturated carbocycles. The van der Waals surface area contributed by atoms with Crippen molar-refractivity contribution in [3.05, 3.63) is 47.5 Å². The molecule has 1 saturated heterocycles. The maximum Gasteiger partial charge on any atom is 0.261 e. The number of amides is 2. The zero-order chi connectivity index (χ0) is 25.4. The van der Waals surface area contributed by atoms with Crippen LogP contribution in [-0.2, 0) is 4.74 Å². The number of imide groups is 1. The topological polar surface area (TPSA) is 71.3 Å². The van der Waals surface area contributed by atoms with E-state index in [0.717, 1.165) is 49.5 Å². The number of rotatable bonds is 7. The molecule has 3 aliphatic rings. The van der Waals surface area contributed by atoms with Gasteiger partial charge in [0.05, 0.1) is 25.8 Å². The number of ether oxygens (including phenoxy) is 1. The molecule has 1 aliphatic carbocycles. The zero-order valence-electron chi connectivity index (χ0n) is 22.0. The number of carbonyl (C=O) groups excluding carboxylic acids is 2. The first-order valence-electron chi connectivity index (χ1n) is 13.7. The van der Waals surface area contributed by atoms with Crippen molar-refractivity contribution < 1.29 is 24.3 Å². The normalized spacial score (nSPS) is 28.9. The molecule has 6 nitrogen and oxygen atoms in total. The number of piperidine rings is 1. The Morgan fingerprint density at radius 3 is 2.31 bits per heavy atom. The lowest BCUT2D eigenvalue weighted by atomic mass is 9.71. The van der Waals surface area contributed by atoms with E-state index in [-0.39, 0.29) is 17.9 Å². The third-order valence-electron chi connectivity index (χ3n) is 8.50. The lowest BCUT2D eigenvalue weighted by Crippen LogP contribution is -3.14. The standard InChI is InChI=1S/C30H40N2O4/c1-20-14-24(16-30(2,3)15-20)36-19-23(33)18-31-12-10-21(11-13-31)17-32-28(34)25-8-4-6-22-7-5-9-26(27(22)25)29(32)35/h4-9,20-21,23-24,33H,10-19H2,1-3H3/p+1/t20-,23+,24-/m0/s1. The number of aliphatic hydroxyl groups excluding tert-OH is 1. The van der Waals surface area contributed by atoms with Gasteiger partial charge in [-0.15, -0.1) is 0 Å². The summed E-state index contributed by atoms with van der Waals surface area (Å²) in [5, 5.41) is 12.4. The predicted molar refractivity (Wildman–Crippen MR) is 140 cm³/mol. The van der Waals surface area contributed by atoms with Gasteiger partial charge in [-0.05, 0) is 54.0 Å². The summed E-state index contributed by atoms with van der Waals surface area (Å²) in [6, 6.07) is 11.3. The molecule has 2 aliphatic heterocycles. The van der Waals surface area contributed by atoms with Gasteiger partial charge in [0.15, 0.2) is 0 Å². The van der Waals surface area contributed by atoms with E-state index in [9.17, 15) is 14.7 Å². The van der Waals surface area contributed by atoms with Crippen LogP contribution in [-0.4, -0.2) is 66.8 Å². The van der Waals surface area contributed by atoms with Crippen molar-refractivity contribution in [2.45, 2.75) is 65.1 Å². The Hall–Kier alpha value is -2.28. The maximum absolute atomic E-state index is 13.2. The van der Waals surface area contributed by atoms with E-state index in [1.165, 1.54) is 16.2 Å². The van der Waals surface area contributed by atoms with Crippen LogP contribution in [0.5, 0.6) is 0 Å². The molecule has 2 fully saturated rings. The van der Waals surface area contributed by atoms with Gasteiger partial charge in [0, 0.05) is 35.9 Å². The highest BCUT2D eigenvalue weighted by molar-refractivity contribution is 6.25. The summed E-state index contributed by atoms with van der Waals surface area (Å²) in [6.45, 7) is 10.4. The molecule has 6 heteroatoms. The van der Waals surface area contributed by atoms with Crippen LogP contribution in [0.25, 0.3) is 10.8 Å². The molecule has 3 atom stereocenters. The minimum absolute atomic E-state index is 0.174. The summed E-state index contributed by atoms with van der Waals surface area (Å²) in [6.07, 6.45) is 5.07. The Bertz CT molecular complexity index is 1070. The van der Waals surface area contributed by atoms with Gasteiger partial charge >= 0.3 is 0 Å². The largest absolute Gasteiger partial charge is 0.385 e. The average molecular weight is 494 g/mol.